The first-order valence-electron chi connectivity index (χ1n) is 5.38. The summed E-state index contributed by atoms with van der Waals surface area (Å²) in [6.07, 6.45) is 3.28. The molecule has 2 rings (SSSR count). The molecule has 2 N–H and O–H groups in total. The van der Waals surface area contributed by atoms with Crippen molar-refractivity contribution in [3.63, 3.8) is 0 Å². The molecule has 0 aliphatic carbocycles. The minimum absolute atomic E-state index is 0.122. The van der Waals surface area contributed by atoms with Crippen molar-refractivity contribution in [3.8, 4) is 0 Å². The summed E-state index contributed by atoms with van der Waals surface area (Å²) in [5, 5.41) is 0.332. The maximum Gasteiger partial charge on any atom is 0.340 e. The van der Waals surface area contributed by atoms with Gasteiger partial charge in [0.15, 0.2) is 0 Å². The summed E-state index contributed by atoms with van der Waals surface area (Å²) in [6.45, 7) is 0.122. The molecule has 0 saturated heterocycles. The first-order valence-corrected chi connectivity index (χ1v) is 6.55. The summed E-state index contributed by atoms with van der Waals surface area (Å²) in [7, 11) is 0. The highest BCUT2D eigenvalue weighted by Crippen LogP contribution is 2.23. The van der Waals surface area contributed by atoms with E-state index in [0.717, 1.165) is 10.0 Å². The van der Waals surface area contributed by atoms with Gasteiger partial charge < -0.3 is 10.5 Å². The Hall–Kier alpha value is -1.59. The van der Waals surface area contributed by atoms with Gasteiger partial charge in [0.2, 0.25) is 0 Å². The number of para-hydroxylation sites is 1. The van der Waals surface area contributed by atoms with E-state index in [0.29, 0.717) is 5.02 Å². The molecule has 0 radical (unpaired) electrons. The Morgan fingerprint density at radius 3 is 2.95 bits per heavy atom. The number of nitrogens with two attached hydrogens (primary N) is 1. The zero-order chi connectivity index (χ0) is 13.8. The third-order valence-electron chi connectivity index (χ3n) is 2.40. The molecule has 0 aliphatic rings. The summed E-state index contributed by atoms with van der Waals surface area (Å²) >= 11 is 9.14. The van der Waals surface area contributed by atoms with Crippen molar-refractivity contribution < 1.29 is 9.53 Å². The number of anilines is 1. The van der Waals surface area contributed by atoms with Gasteiger partial charge in [-0.05, 0) is 34.1 Å². The SMILES string of the molecule is Nc1c(Cl)cccc1C(=O)OCc1cncc(Br)c1. The van der Waals surface area contributed by atoms with Crippen molar-refractivity contribution in [2.75, 3.05) is 5.73 Å². The van der Waals surface area contributed by atoms with Gasteiger partial charge in [0.25, 0.3) is 0 Å². The number of esters is 1. The number of carbonyl (C=O) groups is 1. The fourth-order valence-corrected chi connectivity index (χ4v) is 2.06. The largest absolute Gasteiger partial charge is 0.457 e. The van der Waals surface area contributed by atoms with Crippen LogP contribution in [0, 0.1) is 0 Å². The topological polar surface area (TPSA) is 65.2 Å². The van der Waals surface area contributed by atoms with E-state index in [1.54, 1.807) is 30.6 Å². The predicted molar refractivity (Wildman–Crippen MR) is 76.9 cm³/mol. The molecule has 1 heterocycles. The number of nitrogens with zero attached hydrogens (tertiary/aromatic N) is 1. The number of hydrogen-bond acceptors (Lipinski definition) is 4. The Bertz CT molecular complexity index is 619. The van der Waals surface area contributed by atoms with Crippen molar-refractivity contribution in [3.05, 3.63) is 57.3 Å². The van der Waals surface area contributed by atoms with Crippen LogP contribution < -0.4 is 5.73 Å². The number of hydrogen-bond donors (Lipinski definition) is 1. The highest BCUT2D eigenvalue weighted by Gasteiger charge is 2.13. The highest BCUT2D eigenvalue weighted by molar-refractivity contribution is 9.10. The maximum absolute atomic E-state index is 11.9. The summed E-state index contributed by atoms with van der Waals surface area (Å²) in [6, 6.07) is 6.66. The van der Waals surface area contributed by atoms with E-state index in [-0.39, 0.29) is 17.9 Å². The van der Waals surface area contributed by atoms with Crippen molar-refractivity contribution in [2.45, 2.75) is 6.61 Å². The summed E-state index contributed by atoms with van der Waals surface area (Å²) < 4.78 is 5.99. The van der Waals surface area contributed by atoms with Crippen LogP contribution in [0.1, 0.15) is 15.9 Å². The minimum atomic E-state index is -0.514. The van der Waals surface area contributed by atoms with Crippen LogP contribution in [-0.2, 0) is 11.3 Å². The van der Waals surface area contributed by atoms with Gasteiger partial charge in [-0.25, -0.2) is 4.79 Å². The summed E-state index contributed by atoms with van der Waals surface area (Å²) in [5.74, 6) is -0.514. The lowest BCUT2D eigenvalue weighted by Crippen LogP contribution is -2.08. The quantitative estimate of drug-likeness (QED) is 0.686. The predicted octanol–water partition coefficient (Wildman–Crippen LogP) is 3.44. The van der Waals surface area contributed by atoms with Crippen molar-refractivity contribution in [1.29, 1.82) is 0 Å². The Balaban J connectivity index is 2.08. The Morgan fingerprint density at radius 1 is 1.42 bits per heavy atom. The van der Waals surface area contributed by atoms with Crippen LogP contribution in [0.5, 0.6) is 0 Å². The van der Waals surface area contributed by atoms with Crippen molar-refractivity contribution in [1.82, 2.24) is 4.98 Å². The average Bonchev–Trinajstić information content (AvgIpc) is 2.39. The van der Waals surface area contributed by atoms with E-state index in [1.165, 1.54) is 0 Å². The highest BCUT2D eigenvalue weighted by atomic mass is 79.9. The molecule has 98 valence electrons. The van der Waals surface area contributed by atoms with Gasteiger partial charge in [-0.1, -0.05) is 17.7 Å². The van der Waals surface area contributed by atoms with Crippen LogP contribution in [0.2, 0.25) is 5.02 Å². The van der Waals surface area contributed by atoms with Crippen molar-refractivity contribution in [2.24, 2.45) is 0 Å². The third kappa shape index (κ3) is 3.45. The van der Waals surface area contributed by atoms with Gasteiger partial charge in [0, 0.05) is 22.4 Å². The van der Waals surface area contributed by atoms with E-state index in [4.69, 9.17) is 22.1 Å². The van der Waals surface area contributed by atoms with Gasteiger partial charge in [-0.3, -0.25) is 4.98 Å². The van der Waals surface area contributed by atoms with E-state index in [9.17, 15) is 4.79 Å². The molecule has 0 aliphatic heterocycles. The number of halogens is 2. The average molecular weight is 342 g/mol. The Kier molecular flexibility index (Phi) is 4.39. The van der Waals surface area contributed by atoms with Crippen LogP contribution in [-0.4, -0.2) is 11.0 Å². The van der Waals surface area contributed by atoms with E-state index >= 15 is 0 Å². The lowest BCUT2D eigenvalue weighted by Gasteiger charge is -2.08. The molecule has 6 heteroatoms. The Labute approximate surface area is 123 Å². The van der Waals surface area contributed by atoms with Gasteiger partial charge in [-0.15, -0.1) is 0 Å². The standard InChI is InChI=1S/C13H10BrClN2O2/c14-9-4-8(5-17-6-9)7-19-13(18)10-2-1-3-11(15)12(10)16/h1-6H,7,16H2. The molecule has 1 aromatic carbocycles. The van der Waals surface area contributed by atoms with Crippen LogP contribution in [0.15, 0.2) is 41.1 Å². The number of carbonyl (C=O) groups excluding carboxylic acids is 1. The molecule has 2 aromatic rings. The number of pyridine rings is 1. The molecule has 4 nitrogen and oxygen atoms in total. The molecule has 0 amide bonds. The molecule has 0 fully saturated rings. The normalized spacial score (nSPS) is 10.2. The lowest BCUT2D eigenvalue weighted by molar-refractivity contribution is 0.0473. The van der Waals surface area contributed by atoms with E-state index in [1.807, 2.05) is 6.07 Å². The smallest absolute Gasteiger partial charge is 0.340 e. The van der Waals surface area contributed by atoms with Crippen molar-refractivity contribution >= 4 is 39.2 Å². The second-order valence-corrected chi connectivity index (χ2v) is 5.11. The zero-order valence-corrected chi connectivity index (χ0v) is 12.1. The second kappa shape index (κ2) is 6.04. The van der Waals surface area contributed by atoms with Crippen LogP contribution in [0.3, 0.4) is 0 Å². The van der Waals surface area contributed by atoms with Gasteiger partial charge in [0.1, 0.15) is 6.61 Å². The van der Waals surface area contributed by atoms with E-state index < -0.39 is 5.97 Å². The molecular formula is C13H10BrClN2O2. The van der Waals surface area contributed by atoms with Gasteiger partial charge >= 0.3 is 5.97 Å². The summed E-state index contributed by atoms with van der Waals surface area (Å²) in [5.41, 5.74) is 6.99. The zero-order valence-electron chi connectivity index (χ0n) is 9.77. The van der Waals surface area contributed by atoms with Gasteiger partial charge in [-0.2, -0.15) is 0 Å². The summed E-state index contributed by atoms with van der Waals surface area (Å²) in [4.78, 5) is 15.9. The number of ether oxygens (including phenoxy) is 1. The molecule has 0 saturated carbocycles. The second-order valence-electron chi connectivity index (χ2n) is 3.79. The molecule has 19 heavy (non-hydrogen) atoms. The first kappa shape index (κ1) is 13.8. The fourth-order valence-electron chi connectivity index (χ4n) is 1.48. The molecular weight excluding hydrogens is 332 g/mol. The van der Waals surface area contributed by atoms with Crippen LogP contribution >= 0.6 is 27.5 Å². The number of aromatic nitrogens is 1. The molecule has 0 unspecified atom stereocenters. The minimum Gasteiger partial charge on any atom is -0.457 e. The van der Waals surface area contributed by atoms with Crippen LogP contribution in [0.4, 0.5) is 5.69 Å². The fraction of sp³-hybridized carbons (Fsp3) is 0.0769. The molecule has 1 aromatic heterocycles. The Morgan fingerprint density at radius 2 is 2.21 bits per heavy atom. The first-order chi connectivity index (χ1) is 9.08. The van der Waals surface area contributed by atoms with E-state index in [2.05, 4.69) is 20.9 Å². The lowest BCUT2D eigenvalue weighted by atomic mass is 10.2. The number of benzene rings is 1. The third-order valence-corrected chi connectivity index (χ3v) is 3.17. The molecule has 0 bridgehead atoms. The number of rotatable bonds is 3. The van der Waals surface area contributed by atoms with Crippen LogP contribution in [0.25, 0.3) is 0 Å². The molecule has 0 spiro atoms. The maximum atomic E-state index is 11.9. The van der Waals surface area contributed by atoms with Gasteiger partial charge in [0.05, 0.1) is 16.3 Å². The molecule has 0 atom stereocenters. The monoisotopic (exact) mass is 340 g/mol. The number of nitrogen functional groups attached to an aromatic ring is 1.